The molecule has 0 saturated carbocycles. The van der Waals surface area contributed by atoms with Gasteiger partial charge in [0.2, 0.25) is 0 Å². The van der Waals surface area contributed by atoms with Crippen LogP contribution in [0.25, 0.3) is 103 Å². The van der Waals surface area contributed by atoms with Crippen LogP contribution in [-0.2, 0) is 0 Å². The van der Waals surface area contributed by atoms with E-state index in [4.69, 9.17) is 14.4 Å². The lowest BCUT2D eigenvalue weighted by molar-refractivity contribution is 0.669. The van der Waals surface area contributed by atoms with Crippen molar-refractivity contribution >= 4 is 86.2 Å². The molecule has 49 heavy (non-hydrogen) atoms. The largest absolute Gasteiger partial charge is 0.456 e. The van der Waals surface area contributed by atoms with Crippen molar-refractivity contribution in [1.29, 1.82) is 0 Å². The maximum absolute atomic E-state index is 6.51. The number of rotatable bonds is 3. The van der Waals surface area contributed by atoms with Gasteiger partial charge < -0.3 is 8.98 Å². The summed E-state index contributed by atoms with van der Waals surface area (Å²) in [5.41, 5.74) is 9.10. The number of hydrogen-bond acceptors (Lipinski definition) is 4. The zero-order valence-electron chi connectivity index (χ0n) is 26.1. The SMILES string of the molecule is c1ccc(-c2nc(-c3ccc4c(c3)oc3ccc(-n5c6ccccc6c6c7ccccc7ccc65)cc34)nc3c2sc2ccccc23)cc1. The van der Waals surface area contributed by atoms with E-state index in [1.165, 1.54) is 37.3 Å². The molecule has 0 bridgehead atoms. The Morgan fingerprint density at radius 3 is 2.22 bits per heavy atom. The molecule has 0 unspecified atom stereocenters. The summed E-state index contributed by atoms with van der Waals surface area (Å²) in [7, 11) is 0. The lowest BCUT2D eigenvalue weighted by Crippen LogP contribution is -1.93. The zero-order chi connectivity index (χ0) is 32.1. The van der Waals surface area contributed by atoms with E-state index in [0.717, 1.165) is 60.0 Å². The van der Waals surface area contributed by atoms with Gasteiger partial charge in [-0.25, -0.2) is 9.97 Å². The molecule has 0 aliphatic carbocycles. The van der Waals surface area contributed by atoms with Crippen LogP contribution in [0.5, 0.6) is 0 Å². The van der Waals surface area contributed by atoms with E-state index in [1.54, 1.807) is 11.3 Å². The van der Waals surface area contributed by atoms with Gasteiger partial charge in [0.15, 0.2) is 5.82 Å². The van der Waals surface area contributed by atoms with Gasteiger partial charge in [0.1, 0.15) is 11.2 Å². The van der Waals surface area contributed by atoms with E-state index in [1.807, 2.05) is 6.07 Å². The fraction of sp³-hybridized carbons (Fsp3) is 0. The topological polar surface area (TPSA) is 43.9 Å². The van der Waals surface area contributed by atoms with E-state index in [2.05, 4.69) is 150 Å². The normalized spacial score (nSPS) is 12.1. The van der Waals surface area contributed by atoms with Crippen molar-refractivity contribution in [2.24, 2.45) is 0 Å². The minimum Gasteiger partial charge on any atom is -0.456 e. The summed E-state index contributed by atoms with van der Waals surface area (Å²) in [6, 6.07) is 53.6. The van der Waals surface area contributed by atoms with E-state index in [-0.39, 0.29) is 0 Å². The summed E-state index contributed by atoms with van der Waals surface area (Å²) in [5, 5.41) is 8.34. The number of fused-ring (bicyclic) bond motifs is 11. The van der Waals surface area contributed by atoms with Crippen LogP contribution in [-0.4, -0.2) is 14.5 Å². The predicted molar refractivity (Wildman–Crippen MR) is 205 cm³/mol. The summed E-state index contributed by atoms with van der Waals surface area (Å²) >= 11 is 1.75. The lowest BCUT2D eigenvalue weighted by Gasteiger charge is -2.08. The second-order valence-electron chi connectivity index (χ2n) is 12.6. The lowest BCUT2D eigenvalue weighted by atomic mass is 10.0. The monoisotopic (exact) mass is 643 g/mol. The summed E-state index contributed by atoms with van der Waals surface area (Å²) in [6.07, 6.45) is 0. The number of hydrogen-bond donors (Lipinski definition) is 0. The van der Waals surface area contributed by atoms with Gasteiger partial charge in [-0.1, -0.05) is 103 Å². The Morgan fingerprint density at radius 1 is 0.510 bits per heavy atom. The standard InChI is InChI=1S/C44H25N3OS/c1-2-11-27(12-3-1)41-43-42(33-15-7-9-17-39(33)49-43)46-44(45-41)28-18-21-31-34-25-29(20-23-37(34)48-38(31)24-28)47-35-16-8-6-14-32(35)40-30-13-5-4-10-26(30)19-22-36(40)47/h1-25H. The average Bonchev–Trinajstić information content (AvgIpc) is 3.83. The molecule has 4 aromatic heterocycles. The van der Waals surface area contributed by atoms with Crippen LogP contribution in [0.2, 0.25) is 0 Å². The first kappa shape index (κ1) is 26.7. The van der Waals surface area contributed by atoms with Crippen molar-refractivity contribution in [2.45, 2.75) is 0 Å². The Kier molecular flexibility index (Phi) is 5.51. The third kappa shape index (κ3) is 3.91. The van der Waals surface area contributed by atoms with Crippen LogP contribution in [0.15, 0.2) is 156 Å². The first-order valence-corrected chi connectivity index (χ1v) is 17.2. The minimum absolute atomic E-state index is 0.690. The van der Waals surface area contributed by atoms with Gasteiger partial charge in [-0.15, -0.1) is 11.3 Å². The molecule has 0 aliphatic rings. The highest BCUT2D eigenvalue weighted by Gasteiger charge is 2.19. The van der Waals surface area contributed by atoms with Gasteiger partial charge >= 0.3 is 0 Å². The number of thiophene rings is 1. The molecular weight excluding hydrogens is 619 g/mol. The van der Waals surface area contributed by atoms with Crippen molar-refractivity contribution in [3.63, 3.8) is 0 Å². The Morgan fingerprint density at radius 2 is 1.31 bits per heavy atom. The third-order valence-electron chi connectivity index (χ3n) is 9.80. The number of aromatic nitrogens is 3. The van der Waals surface area contributed by atoms with Crippen molar-refractivity contribution < 1.29 is 4.42 Å². The zero-order valence-corrected chi connectivity index (χ0v) is 26.9. The van der Waals surface area contributed by atoms with Gasteiger partial charge in [-0.3, -0.25) is 0 Å². The van der Waals surface area contributed by atoms with Gasteiger partial charge in [-0.2, -0.15) is 0 Å². The molecule has 11 rings (SSSR count). The minimum atomic E-state index is 0.690. The van der Waals surface area contributed by atoms with E-state index in [9.17, 15) is 0 Å². The molecule has 11 aromatic rings. The molecule has 0 atom stereocenters. The van der Waals surface area contributed by atoms with Gasteiger partial charge in [-0.05, 0) is 59.3 Å². The van der Waals surface area contributed by atoms with Crippen LogP contribution in [0.3, 0.4) is 0 Å². The molecule has 7 aromatic carbocycles. The van der Waals surface area contributed by atoms with E-state index in [0.29, 0.717) is 5.82 Å². The van der Waals surface area contributed by atoms with E-state index >= 15 is 0 Å². The van der Waals surface area contributed by atoms with Crippen molar-refractivity contribution in [1.82, 2.24) is 14.5 Å². The number of para-hydroxylation sites is 1. The summed E-state index contributed by atoms with van der Waals surface area (Å²) in [4.78, 5) is 10.3. The highest BCUT2D eigenvalue weighted by molar-refractivity contribution is 7.26. The fourth-order valence-corrected chi connectivity index (χ4v) is 8.73. The van der Waals surface area contributed by atoms with Crippen LogP contribution in [0.1, 0.15) is 0 Å². The third-order valence-corrected chi connectivity index (χ3v) is 11.0. The molecule has 0 aliphatic heterocycles. The fourth-order valence-electron chi connectivity index (χ4n) is 7.57. The van der Waals surface area contributed by atoms with Crippen molar-refractivity contribution in [3.8, 4) is 28.3 Å². The molecule has 0 saturated heterocycles. The van der Waals surface area contributed by atoms with Crippen molar-refractivity contribution in [3.05, 3.63) is 152 Å². The Labute approximate surface area is 284 Å². The molecule has 0 fully saturated rings. The molecule has 228 valence electrons. The highest BCUT2D eigenvalue weighted by Crippen LogP contribution is 2.41. The van der Waals surface area contributed by atoms with Gasteiger partial charge in [0, 0.05) is 48.4 Å². The second kappa shape index (κ2) is 10.1. The van der Waals surface area contributed by atoms with Gasteiger partial charge in [0.25, 0.3) is 0 Å². The smallest absolute Gasteiger partial charge is 0.160 e. The molecule has 4 nitrogen and oxygen atoms in total. The summed E-state index contributed by atoms with van der Waals surface area (Å²) in [5.74, 6) is 0.690. The first-order chi connectivity index (χ1) is 24.3. The molecule has 5 heteroatoms. The Balaban J connectivity index is 1.10. The van der Waals surface area contributed by atoms with Crippen molar-refractivity contribution in [2.75, 3.05) is 0 Å². The first-order valence-electron chi connectivity index (χ1n) is 16.4. The summed E-state index contributed by atoms with van der Waals surface area (Å²) in [6.45, 7) is 0. The highest BCUT2D eigenvalue weighted by atomic mass is 32.1. The average molecular weight is 644 g/mol. The molecule has 0 radical (unpaired) electrons. The maximum Gasteiger partial charge on any atom is 0.160 e. The molecule has 4 heterocycles. The number of nitrogens with zero attached hydrogens (tertiary/aromatic N) is 3. The molecule has 0 N–H and O–H groups in total. The van der Waals surface area contributed by atoms with Crippen LogP contribution in [0, 0.1) is 0 Å². The molecular formula is C44H25N3OS. The maximum atomic E-state index is 6.51. The second-order valence-corrected chi connectivity index (χ2v) is 13.6. The Bertz CT molecular complexity index is 3110. The molecule has 0 spiro atoms. The number of benzene rings is 7. The van der Waals surface area contributed by atoms with Crippen LogP contribution < -0.4 is 0 Å². The van der Waals surface area contributed by atoms with Crippen LogP contribution in [0.4, 0.5) is 0 Å². The van der Waals surface area contributed by atoms with E-state index < -0.39 is 0 Å². The number of furan rings is 1. The predicted octanol–water partition coefficient (Wildman–Crippen LogP) is 12.3. The Hall–Kier alpha value is -6.30. The van der Waals surface area contributed by atoms with Gasteiger partial charge in [0.05, 0.1) is 26.9 Å². The quantitative estimate of drug-likeness (QED) is 0.192. The van der Waals surface area contributed by atoms with Crippen LogP contribution >= 0.6 is 11.3 Å². The summed E-state index contributed by atoms with van der Waals surface area (Å²) < 4.78 is 11.2. The molecule has 0 amide bonds.